The first-order chi connectivity index (χ1) is 12.6. The second-order valence-corrected chi connectivity index (χ2v) is 8.24. The molecule has 2 unspecified atom stereocenters. The Balaban J connectivity index is 1.58. The monoisotopic (exact) mass is 380 g/mol. The minimum Gasteiger partial charge on any atom is -0.382 e. The van der Waals surface area contributed by atoms with E-state index in [4.69, 9.17) is 0 Å². The summed E-state index contributed by atoms with van der Waals surface area (Å²) in [7, 11) is 0. The largest absolute Gasteiger partial charge is 0.382 e. The number of benzene rings is 1. The van der Waals surface area contributed by atoms with Crippen LogP contribution in [0.5, 0.6) is 0 Å². The second-order valence-electron chi connectivity index (χ2n) is 7.01. The molecule has 140 valence electrons. The van der Waals surface area contributed by atoms with Gasteiger partial charge < -0.3 is 15.6 Å². The zero-order valence-corrected chi connectivity index (χ0v) is 15.2. The molecule has 2 heterocycles. The fourth-order valence-corrected chi connectivity index (χ4v) is 4.75. The number of rotatable bonds is 5. The van der Waals surface area contributed by atoms with Crippen LogP contribution in [-0.2, 0) is 5.75 Å². The molecular formula is C18H22F2N4OS. The molecule has 3 N–H and O–H groups in total. The number of anilines is 1. The van der Waals surface area contributed by atoms with Crippen LogP contribution in [0, 0.1) is 5.82 Å². The van der Waals surface area contributed by atoms with Gasteiger partial charge in [-0.05, 0) is 25.0 Å². The predicted molar refractivity (Wildman–Crippen MR) is 101 cm³/mol. The molecule has 8 heteroatoms. The maximum atomic E-state index is 14.4. The van der Waals surface area contributed by atoms with Crippen LogP contribution < -0.4 is 16.2 Å². The van der Waals surface area contributed by atoms with Crippen LogP contribution in [-0.4, -0.2) is 40.5 Å². The molecule has 2 aliphatic rings. The molecule has 0 spiro atoms. The molecule has 1 aliphatic carbocycles. The molecule has 2 atom stereocenters. The summed E-state index contributed by atoms with van der Waals surface area (Å²) in [5.74, 6) is 0.267. The van der Waals surface area contributed by atoms with E-state index in [1.54, 1.807) is 6.07 Å². The van der Waals surface area contributed by atoms with Gasteiger partial charge in [0.05, 0.1) is 16.5 Å². The maximum absolute atomic E-state index is 14.4. The summed E-state index contributed by atoms with van der Waals surface area (Å²) < 4.78 is 28.1. The third-order valence-electron chi connectivity index (χ3n) is 5.06. The number of thioether (sulfide) groups is 1. The molecule has 1 aliphatic heterocycles. The number of fused-ring (bicyclic) bond motifs is 1. The van der Waals surface area contributed by atoms with E-state index in [1.165, 1.54) is 30.7 Å². The summed E-state index contributed by atoms with van der Waals surface area (Å²) in [4.78, 5) is 19.3. The van der Waals surface area contributed by atoms with Crippen molar-refractivity contribution in [2.45, 2.75) is 48.9 Å². The Hall–Kier alpha value is -1.67. The summed E-state index contributed by atoms with van der Waals surface area (Å²) in [6.07, 6.45) is 3.61. The van der Waals surface area contributed by atoms with Gasteiger partial charge in [-0.15, -0.1) is 11.8 Å². The van der Waals surface area contributed by atoms with Gasteiger partial charge in [-0.2, -0.15) is 0 Å². The van der Waals surface area contributed by atoms with Crippen LogP contribution in [0.15, 0.2) is 16.9 Å². The van der Waals surface area contributed by atoms with E-state index in [-0.39, 0.29) is 10.6 Å². The number of aromatic amines is 1. The van der Waals surface area contributed by atoms with Crippen molar-refractivity contribution in [3.63, 3.8) is 0 Å². The fraction of sp³-hybridized carbons (Fsp3) is 0.556. The third kappa shape index (κ3) is 3.71. The zero-order chi connectivity index (χ0) is 18.1. The van der Waals surface area contributed by atoms with E-state index in [0.29, 0.717) is 41.9 Å². The predicted octanol–water partition coefficient (Wildman–Crippen LogP) is 2.96. The molecule has 0 bridgehead atoms. The average molecular weight is 380 g/mol. The van der Waals surface area contributed by atoms with Crippen molar-refractivity contribution in [2.75, 3.05) is 18.4 Å². The van der Waals surface area contributed by atoms with Crippen molar-refractivity contribution in [3.8, 4) is 0 Å². The Bertz CT molecular complexity index is 853. The number of H-pyrrole nitrogens is 1. The Morgan fingerprint density at radius 3 is 2.81 bits per heavy atom. The SMILES string of the molecule is O=c1[nH]c(CSC2CNCC2F)nc2cc(NC3CCCC3)cc(F)c12. The Morgan fingerprint density at radius 1 is 1.27 bits per heavy atom. The minimum atomic E-state index is -0.896. The molecule has 2 fully saturated rings. The summed E-state index contributed by atoms with van der Waals surface area (Å²) in [5, 5.41) is 6.17. The van der Waals surface area contributed by atoms with E-state index >= 15 is 0 Å². The molecule has 0 amide bonds. The first kappa shape index (κ1) is 17.7. The highest BCUT2D eigenvalue weighted by atomic mass is 32.2. The molecule has 4 rings (SSSR count). The van der Waals surface area contributed by atoms with Gasteiger partial charge in [0.1, 0.15) is 23.2 Å². The summed E-state index contributed by atoms with van der Waals surface area (Å²) in [5.41, 5.74) is 0.505. The van der Waals surface area contributed by atoms with Crippen LogP contribution >= 0.6 is 11.8 Å². The van der Waals surface area contributed by atoms with Gasteiger partial charge in [-0.25, -0.2) is 13.8 Å². The summed E-state index contributed by atoms with van der Waals surface area (Å²) in [6, 6.07) is 3.44. The number of nitrogens with zero attached hydrogens (tertiary/aromatic N) is 1. The third-order valence-corrected chi connectivity index (χ3v) is 6.39. The normalized spacial score (nSPS) is 23.8. The van der Waals surface area contributed by atoms with E-state index in [1.807, 2.05) is 0 Å². The molecule has 2 aromatic rings. The molecule has 26 heavy (non-hydrogen) atoms. The lowest BCUT2D eigenvalue weighted by molar-refractivity contribution is 0.367. The zero-order valence-electron chi connectivity index (χ0n) is 14.4. The highest BCUT2D eigenvalue weighted by molar-refractivity contribution is 7.99. The van der Waals surface area contributed by atoms with E-state index in [9.17, 15) is 13.6 Å². The van der Waals surface area contributed by atoms with Crippen molar-refractivity contribution in [1.82, 2.24) is 15.3 Å². The Kier molecular flexibility index (Phi) is 5.13. The van der Waals surface area contributed by atoms with Gasteiger partial charge >= 0.3 is 0 Å². The van der Waals surface area contributed by atoms with Crippen LogP contribution in [0.25, 0.3) is 10.9 Å². The standard InChI is InChI=1S/C18H22F2N4OS/c19-12-5-11(22-10-3-1-2-4-10)6-14-17(12)18(25)24-16(23-14)9-26-15-8-21-7-13(15)20/h5-6,10,13,15,21-22H,1-4,7-9H2,(H,23,24,25). The molecule has 1 saturated heterocycles. The lowest BCUT2D eigenvalue weighted by Gasteiger charge is -2.14. The van der Waals surface area contributed by atoms with Gasteiger partial charge in [0, 0.05) is 24.8 Å². The molecule has 1 aromatic carbocycles. The number of hydrogen-bond donors (Lipinski definition) is 3. The fourth-order valence-electron chi connectivity index (χ4n) is 3.70. The number of hydrogen-bond acceptors (Lipinski definition) is 5. The van der Waals surface area contributed by atoms with Crippen molar-refractivity contribution >= 4 is 28.4 Å². The molecule has 5 nitrogen and oxygen atoms in total. The van der Waals surface area contributed by atoms with E-state index < -0.39 is 17.5 Å². The van der Waals surface area contributed by atoms with Crippen molar-refractivity contribution in [3.05, 3.63) is 34.1 Å². The molecule has 1 saturated carbocycles. The van der Waals surface area contributed by atoms with Gasteiger partial charge in [0.2, 0.25) is 0 Å². The smallest absolute Gasteiger partial charge is 0.261 e. The highest BCUT2D eigenvalue weighted by Crippen LogP contribution is 2.26. The van der Waals surface area contributed by atoms with Crippen molar-refractivity contribution in [2.24, 2.45) is 0 Å². The number of aromatic nitrogens is 2. The molecule has 1 aromatic heterocycles. The van der Waals surface area contributed by atoms with Crippen LogP contribution in [0.4, 0.5) is 14.5 Å². The minimum absolute atomic E-state index is 0.0263. The second kappa shape index (κ2) is 7.52. The van der Waals surface area contributed by atoms with Crippen LogP contribution in [0.2, 0.25) is 0 Å². The topological polar surface area (TPSA) is 69.8 Å². The van der Waals surface area contributed by atoms with Crippen LogP contribution in [0.3, 0.4) is 0 Å². The number of alkyl halides is 1. The number of nitrogens with one attached hydrogen (secondary N) is 3. The van der Waals surface area contributed by atoms with Gasteiger partial charge in [0.15, 0.2) is 0 Å². The molecule has 0 radical (unpaired) electrons. The average Bonchev–Trinajstić information content (AvgIpc) is 3.24. The quantitative estimate of drug-likeness (QED) is 0.744. The van der Waals surface area contributed by atoms with Crippen molar-refractivity contribution in [1.29, 1.82) is 0 Å². The van der Waals surface area contributed by atoms with E-state index in [2.05, 4.69) is 20.6 Å². The Morgan fingerprint density at radius 2 is 2.08 bits per heavy atom. The number of halogens is 2. The van der Waals surface area contributed by atoms with Crippen molar-refractivity contribution < 1.29 is 8.78 Å². The first-order valence-corrected chi connectivity index (χ1v) is 10.1. The van der Waals surface area contributed by atoms with E-state index in [0.717, 1.165) is 12.8 Å². The highest BCUT2D eigenvalue weighted by Gasteiger charge is 2.27. The Labute approximate surface area is 154 Å². The summed E-state index contributed by atoms with van der Waals surface area (Å²) in [6.45, 7) is 0.967. The maximum Gasteiger partial charge on any atom is 0.261 e. The van der Waals surface area contributed by atoms with Gasteiger partial charge in [-0.1, -0.05) is 12.8 Å². The molecular weight excluding hydrogens is 358 g/mol. The van der Waals surface area contributed by atoms with Crippen LogP contribution in [0.1, 0.15) is 31.5 Å². The van der Waals surface area contributed by atoms with Gasteiger partial charge in [0.25, 0.3) is 5.56 Å². The lowest BCUT2D eigenvalue weighted by atomic mass is 10.2. The summed E-state index contributed by atoms with van der Waals surface area (Å²) >= 11 is 1.42. The lowest BCUT2D eigenvalue weighted by Crippen LogP contribution is -2.18. The first-order valence-electron chi connectivity index (χ1n) is 9.05. The van der Waals surface area contributed by atoms with Gasteiger partial charge in [-0.3, -0.25) is 4.79 Å².